The van der Waals surface area contributed by atoms with Gasteiger partial charge in [-0.3, -0.25) is 0 Å². The van der Waals surface area contributed by atoms with Crippen molar-refractivity contribution in [2.45, 2.75) is 18.4 Å². The van der Waals surface area contributed by atoms with E-state index in [0.29, 0.717) is 13.0 Å². The predicted octanol–water partition coefficient (Wildman–Crippen LogP) is 1.01. The van der Waals surface area contributed by atoms with Crippen LogP contribution in [0.4, 0.5) is 4.39 Å². The summed E-state index contributed by atoms with van der Waals surface area (Å²) in [4.78, 5) is 0. The average molecular weight is 211 g/mol. The minimum Gasteiger partial charge on any atom is -0.490 e. The molecule has 1 heterocycles. The third-order valence-electron chi connectivity index (χ3n) is 2.78. The number of fused-ring (bicyclic) bond motifs is 1. The third-order valence-corrected chi connectivity index (χ3v) is 2.78. The molecular formula is C11H14FNO2. The summed E-state index contributed by atoms with van der Waals surface area (Å²) >= 11 is 0. The van der Waals surface area contributed by atoms with Gasteiger partial charge in [0.25, 0.3) is 0 Å². The third kappa shape index (κ3) is 1.82. The summed E-state index contributed by atoms with van der Waals surface area (Å²) in [7, 11) is 0. The van der Waals surface area contributed by atoms with E-state index in [2.05, 4.69) is 0 Å². The number of rotatable bonds is 2. The summed E-state index contributed by atoms with van der Waals surface area (Å²) in [5.41, 5.74) is 6.13. The number of halogens is 1. The minimum absolute atomic E-state index is 0.116. The molecule has 2 rings (SSSR count). The zero-order valence-electron chi connectivity index (χ0n) is 8.32. The van der Waals surface area contributed by atoms with Crippen LogP contribution in [0.25, 0.3) is 0 Å². The lowest BCUT2D eigenvalue weighted by Crippen LogP contribution is -2.31. The van der Waals surface area contributed by atoms with E-state index in [1.807, 2.05) is 0 Å². The highest BCUT2D eigenvalue weighted by Crippen LogP contribution is 2.37. The number of benzene rings is 1. The van der Waals surface area contributed by atoms with Gasteiger partial charge in [0.1, 0.15) is 0 Å². The zero-order chi connectivity index (χ0) is 10.8. The van der Waals surface area contributed by atoms with Gasteiger partial charge in [-0.2, -0.15) is 0 Å². The number of para-hydroxylation sites is 1. The normalized spacial score (nSPS) is 21.7. The average Bonchev–Trinajstić information content (AvgIpc) is 2.28. The van der Waals surface area contributed by atoms with E-state index in [9.17, 15) is 9.50 Å². The van der Waals surface area contributed by atoms with Crippen LogP contribution in [0.2, 0.25) is 0 Å². The van der Waals surface area contributed by atoms with Crippen LogP contribution in [0, 0.1) is 5.82 Å². The van der Waals surface area contributed by atoms with Crippen molar-refractivity contribution < 1.29 is 14.2 Å². The van der Waals surface area contributed by atoms with Gasteiger partial charge >= 0.3 is 0 Å². The monoisotopic (exact) mass is 211 g/mol. The number of hydrogen-bond donors (Lipinski definition) is 2. The molecule has 3 N–H and O–H groups in total. The largest absolute Gasteiger partial charge is 0.490 e. The van der Waals surface area contributed by atoms with E-state index in [4.69, 9.17) is 10.5 Å². The SMILES string of the molecule is NCC(O)C1CCOc2c(F)cccc21. The second-order valence-electron chi connectivity index (χ2n) is 3.70. The van der Waals surface area contributed by atoms with E-state index in [1.165, 1.54) is 6.07 Å². The van der Waals surface area contributed by atoms with Crippen LogP contribution >= 0.6 is 0 Å². The fourth-order valence-electron chi connectivity index (χ4n) is 1.98. The molecule has 0 spiro atoms. The van der Waals surface area contributed by atoms with Crippen molar-refractivity contribution >= 4 is 0 Å². The Bertz CT molecular complexity index is 356. The summed E-state index contributed by atoms with van der Waals surface area (Å²) in [6.07, 6.45) is 0.0453. The second-order valence-corrected chi connectivity index (χ2v) is 3.70. The van der Waals surface area contributed by atoms with Crippen molar-refractivity contribution in [3.63, 3.8) is 0 Å². The molecule has 0 bridgehead atoms. The molecule has 1 aromatic carbocycles. The Labute approximate surface area is 87.7 Å². The number of ether oxygens (including phenoxy) is 1. The van der Waals surface area contributed by atoms with Gasteiger partial charge in [0, 0.05) is 18.0 Å². The Morgan fingerprint density at radius 1 is 1.60 bits per heavy atom. The first-order chi connectivity index (χ1) is 7.24. The molecule has 0 fully saturated rings. The smallest absolute Gasteiger partial charge is 0.165 e. The Balaban J connectivity index is 2.38. The first-order valence-corrected chi connectivity index (χ1v) is 5.03. The molecule has 15 heavy (non-hydrogen) atoms. The second kappa shape index (κ2) is 4.16. The van der Waals surface area contributed by atoms with Crippen molar-refractivity contribution in [2.24, 2.45) is 5.73 Å². The molecule has 82 valence electrons. The number of aliphatic hydroxyl groups excluding tert-OH is 1. The highest BCUT2D eigenvalue weighted by Gasteiger charge is 2.28. The first-order valence-electron chi connectivity index (χ1n) is 5.03. The summed E-state index contributed by atoms with van der Waals surface area (Å²) in [5, 5.41) is 9.72. The Morgan fingerprint density at radius 2 is 2.40 bits per heavy atom. The van der Waals surface area contributed by atoms with Gasteiger partial charge in [0.2, 0.25) is 0 Å². The molecule has 0 aliphatic carbocycles. The van der Waals surface area contributed by atoms with E-state index in [1.54, 1.807) is 12.1 Å². The molecule has 0 saturated heterocycles. The van der Waals surface area contributed by atoms with Crippen LogP contribution < -0.4 is 10.5 Å². The Hall–Kier alpha value is -1.13. The minimum atomic E-state index is -0.630. The van der Waals surface area contributed by atoms with Gasteiger partial charge in [0.15, 0.2) is 11.6 Å². The van der Waals surface area contributed by atoms with Gasteiger partial charge in [-0.25, -0.2) is 4.39 Å². The van der Waals surface area contributed by atoms with Crippen molar-refractivity contribution in [1.29, 1.82) is 0 Å². The quantitative estimate of drug-likeness (QED) is 0.767. The lowest BCUT2D eigenvalue weighted by atomic mass is 9.88. The first kappa shape index (κ1) is 10.4. The van der Waals surface area contributed by atoms with Crippen molar-refractivity contribution in [3.8, 4) is 5.75 Å². The Morgan fingerprint density at radius 3 is 3.13 bits per heavy atom. The van der Waals surface area contributed by atoms with E-state index < -0.39 is 6.10 Å². The lowest BCUT2D eigenvalue weighted by Gasteiger charge is -2.29. The van der Waals surface area contributed by atoms with Crippen molar-refractivity contribution in [3.05, 3.63) is 29.6 Å². The summed E-state index contributed by atoms with van der Waals surface area (Å²) in [6.45, 7) is 0.607. The van der Waals surface area contributed by atoms with Crippen LogP contribution in [0.5, 0.6) is 5.75 Å². The molecule has 4 heteroatoms. The molecule has 1 aliphatic rings. The number of nitrogens with two attached hydrogens (primary N) is 1. The van der Waals surface area contributed by atoms with E-state index in [0.717, 1.165) is 5.56 Å². The van der Waals surface area contributed by atoms with Crippen LogP contribution in [0.3, 0.4) is 0 Å². The molecular weight excluding hydrogens is 197 g/mol. The molecule has 0 radical (unpaired) electrons. The lowest BCUT2D eigenvalue weighted by molar-refractivity contribution is 0.121. The topological polar surface area (TPSA) is 55.5 Å². The zero-order valence-corrected chi connectivity index (χ0v) is 8.32. The van der Waals surface area contributed by atoms with Crippen LogP contribution in [0.1, 0.15) is 17.9 Å². The molecule has 1 aliphatic heterocycles. The van der Waals surface area contributed by atoms with E-state index in [-0.39, 0.29) is 24.0 Å². The van der Waals surface area contributed by atoms with Gasteiger partial charge in [0.05, 0.1) is 12.7 Å². The fourth-order valence-corrected chi connectivity index (χ4v) is 1.98. The van der Waals surface area contributed by atoms with Crippen LogP contribution in [-0.4, -0.2) is 24.4 Å². The van der Waals surface area contributed by atoms with Crippen molar-refractivity contribution in [2.75, 3.05) is 13.2 Å². The van der Waals surface area contributed by atoms with Gasteiger partial charge in [-0.05, 0) is 12.5 Å². The summed E-state index contributed by atoms with van der Waals surface area (Å²) in [5.74, 6) is -0.225. The van der Waals surface area contributed by atoms with Gasteiger partial charge in [-0.15, -0.1) is 0 Å². The highest BCUT2D eigenvalue weighted by molar-refractivity contribution is 5.39. The number of hydrogen-bond acceptors (Lipinski definition) is 3. The van der Waals surface area contributed by atoms with Crippen molar-refractivity contribution in [1.82, 2.24) is 0 Å². The molecule has 3 nitrogen and oxygen atoms in total. The maximum Gasteiger partial charge on any atom is 0.165 e. The predicted molar refractivity (Wildman–Crippen MR) is 54.3 cm³/mol. The fraction of sp³-hybridized carbons (Fsp3) is 0.455. The highest BCUT2D eigenvalue weighted by atomic mass is 19.1. The van der Waals surface area contributed by atoms with Crippen LogP contribution in [-0.2, 0) is 0 Å². The van der Waals surface area contributed by atoms with Crippen LogP contribution in [0.15, 0.2) is 18.2 Å². The van der Waals surface area contributed by atoms with E-state index >= 15 is 0 Å². The molecule has 0 aromatic heterocycles. The number of aliphatic hydroxyl groups is 1. The molecule has 2 unspecified atom stereocenters. The molecule has 0 amide bonds. The Kier molecular flexibility index (Phi) is 2.88. The van der Waals surface area contributed by atoms with Gasteiger partial charge < -0.3 is 15.6 Å². The van der Waals surface area contributed by atoms with Gasteiger partial charge in [-0.1, -0.05) is 12.1 Å². The maximum atomic E-state index is 13.4. The molecule has 2 atom stereocenters. The molecule has 1 aromatic rings. The standard InChI is InChI=1S/C11H14FNO2/c12-9-3-1-2-8-7(10(14)6-13)4-5-15-11(8)9/h1-3,7,10,14H,4-6,13H2. The maximum absolute atomic E-state index is 13.4. The summed E-state index contributed by atoms with van der Waals surface area (Å²) in [6, 6.07) is 4.76. The summed E-state index contributed by atoms with van der Waals surface area (Å²) < 4.78 is 18.6. The molecule has 0 saturated carbocycles.